The van der Waals surface area contributed by atoms with Gasteiger partial charge in [-0.1, -0.05) is 15.9 Å². The first-order valence-electron chi connectivity index (χ1n) is 5.44. The molecule has 18 heavy (non-hydrogen) atoms. The molecule has 5 heteroatoms. The van der Waals surface area contributed by atoms with Gasteiger partial charge in [0.15, 0.2) is 0 Å². The predicted molar refractivity (Wildman–Crippen MR) is 73.2 cm³/mol. The van der Waals surface area contributed by atoms with Crippen LogP contribution in [0, 0.1) is 6.92 Å². The Bertz CT molecular complexity index is 565. The minimum Gasteiger partial charge on any atom is -0.467 e. The van der Waals surface area contributed by atoms with Crippen LogP contribution in [0.2, 0.25) is 0 Å². The summed E-state index contributed by atoms with van der Waals surface area (Å²) < 4.78 is 5.93. The van der Waals surface area contributed by atoms with Crippen molar-refractivity contribution >= 4 is 27.5 Å². The van der Waals surface area contributed by atoms with Crippen LogP contribution in [-0.4, -0.2) is 5.91 Å². The molecule has 0 radical (unpaired) electrons. The molecule has 0 unspecified atom stereocenters. The van der Waals surface area contributed by atoms with E-state index < -0.39 is 0 Å². The summed E-state index contributed by atoms with van der Waals surface area (Å²) in [6.45, 7) is 2.18. The fourth-order valence-electron chi connectivity index (χ4n) is 1.61. The molecule has 2 aromatic rings. The lowest BCUT2D eigenvalue weighted by Crippen LogP contribution is -2.23. The summed E-state index contributed by atoms with van der Waals surface area (Å²) in [5.41, 5.74) is 7.75. The van der Waals surface area contributed by atoms with Gasteiger partial charge in [0.25, 0.3) is 5.91 Å². The number of hydrogen-bond acceptors (Lipinski definition) is 3. The predicted octanol–water partition coefficient (Wildman–Crippen LogP) is 2.86. The highest BCUT2D eigenvalue weighted by Gasteiger charge is 2.12. The van der Waals surface area contributed by atoms with Crippen molar-refractivity contribution in [2.75, 3.05) is 5.73 Å². The van der Waals surface area contributed by atoms with Gasteiger partial charge in [0, 0.05) is 15.7 Å². The van der Waals surface area contributed by atoms with Gasteiger partial charge < -0.3 is 15.5 Å². The number of carbonyl (C=O) groups is 1. The largest absolute Gasteiger partial charge is 0.467 e. The van der Waals surface area contributed by atoms with E-state index in [2.05, 4.69) is 21.2 Å². The normalized spacial score (nSPS) is 10.3. The molecular formula is C13H13BrN2O2. The molecule has 0 aliphatic heterocycles. The average molecular weight is 309 g/mol. The molecule has 0 atom stereocenters. The minimum absolute atomic E-state index is 0.170. The van der Waals surface area contributed by atoms with E-state index in [-0.39, 0.29) is 5.91 Å². The monoisotopic (exact) mass is 308 g/mol. The second-order valence-electron chi connectivity index (χ2n) is 3.93. The van der Waals surface area contributed by atoms with Gasteiger partial charge in [-0.2, -0.15) is 0 Å². The number of nitrogen functional groups attached to an aromatic ring is 1. The van der Waals surface area contributed by atoms with Crippen LogP contribution in [0.3, 0.4) is 0 Å². The lowest BCUT2D eigenvalue weighted by atomic mass is 10.1. The highest BCUT2D eigenvalue weighted by atomic mass is 79.9. The van der Waals surface area contributed by atoms with E-state index in [1.807, 2.05) is 13.0 Å². The van der Waals surface area contributed by atoms with Crippen molar-refractivity contribution in [1.29, 1.82) is 0 Å². The summed E-state index contributed by atoms with van der Waals surface area (Å²) in [4.78, 5) is 12.0. The van der Waals surface area contributed by atoms with Crippen molar-refractivity contribution in [2.45, 2.75) is 13.5 Å². The zero-order chi connectivity index (χ0) is 13.1. The van der Waals surface area contributed by atoms with E-state index >= 15 is 0 Å². The standard InChI is InChI=1S/C13H13BrN2O2/c1-8-11(5-9(14)6-12(8)15)13(17)16-7-10-3-2-4-18-10/h2-6H,7,15H2,1H3,(H,16,17). The molecule has 0 fully saturated rings. The zero-order valence-electron chi connectivity index (χ0n) is 9.87. The van der Waals surface area contributed by atoms with Crippen molar-refractivity contribution in [2.24, 2.45) is 0 Å². The molecule has 1 amide bonds. The van der Waals surface area contributed by atoms with Crippen LogP contribution >= 0.6 is 15.9 Å². The highest BCUT2D eigenvalue weighted by Crippen LogP contribution is 2.22. The van der Waals surface area contributed by atoms with Gasteiger partial charge in [0.05, 0.1) is 12.8 Å². The molecule has 0 bridgehead atoms. The number of nitrogens with one attached hydrogen (secondary N) is 1. The molecule has 1 heterocycles. The van der Waals surface area contributed by atoms with Gasteiger partial charge in [-0.15, -0.1) is 0 Å². The molecule has 0 aliphatic carbocycles. The Morgan fingerprint density at radius 2 is 2.28 bits per heavy atom. The van der Waals surface area contributed by atoms with Crippen LogP contribution in [-0.2, 0) is 6.54 Å². The number of halogens is 1. The summed E-state index contributed by atoms with van der Waals surface area (Å²) in [5.74, 6) is 0.542. The maximum Gasteiger partial charge on any atom is 0.252 e. The fraction of sp³-hybridized carbons (Fsp3) is 0.154. The SMILES string of the molecule is Cc1c(N)cc(Br)cc1C(=O)NCc1ccco1. The van der Waals surface area contributed by atoms with E-state index in [9.17, 15) is 4.79 Å². The molecule has 0 saturated carbocycles. The molecule has 94 valence electrons. The maximum absolute atomic E-state index is 12.0. The van der Waals surface area contributed by atoms with Crippen LogP contribution in [0.4, 0.5) is 5.69 Å². The molecule has 1 aromatic heterocycles. The molecule has 4 nitrogen and oxygen atoms in total. The van der Waals surface area contributed by atoms with Crippen molar-refractivity contribution in [3.05, 3.63) is 51.9 Å². The first-order chi connectivity index (χ1) is 8.58. The number of hydrogen-bond donors (Lipinski definition) is 2. The fourth-order valence-corrected chi connectivity index (χ4v) is 2.09. The average Bonchev–Trinajstić information content (AvgIpc) is 2.83. The molecule has 0 saturated heterocycles. The Kier molecular flexibility index (Phi) is 3.72. The van der Waals surface area contributed by atoms with Gasteiger partial charge in [-0.3, -0.25) is 4.79 Å². The van der Waals surface area contributed by atoms with Crippen molar-refractivity contribution < 1.29 is 9.21 Å². The highest BCUT2D eigenvalue weighted by molar-refractivity contribution is 9.10. The number of rotatable bonds is 3. The molecule has 3 N–H and O–H groups in total. The molecular weight excluding hydrogens is 296 g/mol. The molecule has 0 spiro atoms. The van der Waals surface area contributed by atoms with E-state index in [0.29, 0.717) is 23.6 Å². The van der Waals surface area contributed by atoms with E-state index in [1.165, 1.54) is 0 Å². The summed E-state index contributed by atoms with van der Waals surface area (Å²) in [6.07, 6.45) is 1.57. The number of furan rings is 1. The lowest BCUT2D eigenvalue weighted by molar-refractivity contribution is 0.0947. The van der Waals surface area contributed by atoms with E-state index in [1.54, 1.807) is 24.5 Å². The van der Waals surface area contributed by atoms with Crippen LogP contribution in [0.5, 0.6) is 0 Å². The number of anilines is 1. The number of amides is 1. The second-order valence-corrected chi connectivity index (χ2v) is 4.85. The summed E-state index contributed by atoms with van der Waals surface area (Å²) >= 11 is 3.33. The summed E-state index contributed by atoms with van der Waals surface area (Å²) in [6, 6.07) is 7.12. The first-order valence-corrected chi connectivity index (χ1v) is 6.23. The van der Waals surface area contributed by atoms with Crippen molar-refractivity contribution in [1.82, 2.24) is 5.32 Å². The van der Waals surface area contributed by atoms with Gasteiger partial charge in [-0.05, 0) is 36.8 Å². The van der Waals surface area contributed by atoms with Crippen LogP contribution in [0.1, 0.15) is 21.7 Å². The Balaban J connectivity index is 2.14. The van der Waals surface area contributed by atoms with Crippen molar-refractivity contribution in [3.63, 3.8) is 0 Å². The molecule has 2 rings (SSSR count). The van der Waals surface area contributed by atoms with Gasteiger partial charge in [0.2, 0.25) is 0 Å². The third kappa shape index (κ3) is 2.73. The van der Waals surface area contributed by atoms with Gasteiger partial charge in [-0.25, -0.2) is 0 Å². The number of carbonyl (C=O) groups excluding carboxylic acids is 1. The Hall–Kier alpha value is -1.75. The first kappa shape index (κ1) is 12.7. The van der Waals surface area contributed by atoms with Gasteiger partial charge >= 0.3 is 0 Å². The topological polar surface area (TPSA) is 68.3 Å². The van der Waals surface area contributed by atoms with E-state index in [4.69, 9.17) is 10.2 Å². The van der Waals surface area contributed by atoms with E-state index in [0.717, 1.165) is 10.0 Å². The van der Waals surface area contributed by atoms with Crippen molar-refractivity contribution in [3.8, 4) is 0 Å². The lowest BCUT2D eigenvalue weighted by Gasteiger charge is -2.09. The number of nitrogens with two attached hydrogens (primary N) is 1. The third-order valence-corrected chi connectivity index (χ3v) is 3.12. The smallest absolute Gasteiger partial charge is 0.252 e. The van der Waals surface area contributed by atoms with Crippen LogP contribution in [0.15, 0.2) is 39.4 Å². The minimum atomic E-state index is -0.170. The summed E-state index contributed by atoms with van der Waals surface area (Å²) in [7, 11) is 0. The molecule has 1 aromatic carbocycles. The second kappa shape index (κ2) is 5.27. The quantitative estimate of drug-likeness (QED) is 0.857. The Morgan fingerprint density at radius 3 is 2.94 bits per heavy atom. The molecule has 0 aliphatic rings. The maximum atomic E-state index is 12.0. The Labute approximate surface area is 113 Å². The third-order valence-electron chi connectivity index (χ3n) is 2.66. The van der Waals surface area contributed by atoms with Gasteiger partial charge in [0.1, 0.15) is 5.76 Å². The van der Waals surface area contributed by atoms with Crippen LogP contribution in [0.25, 0.3) is 0 Å². The number of benzene rings is 1. The Morgan fingerprint density at radius 1 is 1.50 bits per heavy atom. The zero-order valence-corrected chi connectivity index (χ0v) is 11.5. The van der Waals surface area contributed by atoms with Crippen LogP contribution < -0.4 is 11.1 Å². The summed E-state index contributed by atoms with van der Waals surface area (Å²) in [5, 5.41) is 2.79.